The average Bonchev–Trinajstić information content (AvgIpc) is 2.48. The fraction of sp³-hybridized carbons (Fsp3) is 0.556. The molecule has 3 N–H and O–H groups in total. The molecule has 0 aromatic carbocycles. The molecule has 4 heteroatoms. The number of nitrogens with one attached hydrogen (secondary N) is 1. The number of hydrogen-bond donors (Lipinski definition) is 2. The van der Waals surface area contributed by atoms with Crippen molar-refractivity contribution in [2.24, 2.45) is 10.7 Å². The van der Waals surface area contributed by atoms with Gasteiger partial charge >= 0.3 is 0 Å². The van der Waals surface area contributed by atoms with Crippen LogP contribution >= 0.6 is 0 Å². The quantitative estimate of drug-likeness (QED) is 0.547. The zero-order valence-electron chi connectivity index (χ0n) is 8.17. The summed E-state index contributed by atoms with van der Waals surface area (Å²) in [6, 6.07) is 1.94. The maximum atomic E-state index is 5.43. The Morgan fingerprint density at radius 1 is 1.69 bits per heavy atom. The van der Waals surface area contributed by atoms with Crippen LogP contribution in [0.2, 0.25) is 0 Å². The topological polar surface area (TPSA) is 67.1 Å². The molecular formula is C9H16N4. The van der Waals surface area contributed by atoms with Crippen LogP contribution in [0.5, 0.6) is 0 Å². The van der Waals surface area contributed by atoms with E-state index in [1.165, 1.54) is 12.8 Å². The summed E-state index contributed by atoms with van der Waals surface area (Å²) >= 11 is 0. The smallest absolute Gasteiger partial charge is 0.175 e. The van der Waals surface area contributed by atoms with Crippen LogP contribution in [0.1, 0.15) is 32.4 Å². The SMILES string of the molecule is CCCCc1cc(N=C(C)N)n[nH]1. The Kier molecular flexibility index (Phi) is 3.49. The van der Waals surface area contributed by atoms with E-state index >= 15 is 0 Å². The predicted molar refractivity (Wildman–Crippen MR) is 54.2 cm³/mol. The Balaban J connectivity index is 2.58. The van der Waals surface area contributed by atoms with Gasteiger partial charge in [0.2, 0.25) is 0 Å². The van der Waals surface area contributed by atoms with Crippen molar-refractivity contribution in [1.82, 2.24) is 10.2 Å². The first kappa shape index (κ1) is 9.77. The first-order valence-electron chi connectivity index (χ1n) is 4.57. The largest absolute Gasteiger partial charge is 0.387 e. The fourth-order valence-corrected chi connectivity index (χ4v) is 1.08. The highest BCUT2D eigenvalue weighted by atomic mass is 15.2. The fourth-order valence-electron chi connectivity index (χ4n) is 1.08. The number of rotatable bonds is 4. The first-order chi connectivity index (χ1) is 6.22. The zero-order valence-corrected chi connectivity index (χ0v) is 8.17. The van der Waals surface area contributed by atoms with E-state index in [2.05, 4.69) is 22.1 Å². The summed E-state index contributed by atoms with van der Waals surface area (Å²) < 4.78 is 0. The monoisotopic (exact) mass is 180 g/mol. The third kappa shape index (κ3) is 3.27. The standard InChI is InChI=1S/C9H16N4/c1-3-4-5-8-6-9(13-12-8)11-7(2)10/h6H,3-5H2,1-2H3,(H3,10,11,12,13). The summed E-state index contributed by atoms with van der Waals surface area (Å²) in [6.07, 6.45) is 3.39. The lowest BCUT2D eigenvalue weighted by Gasteiger charge is -1.90. The molecule has 0 atom stereocenters. The second kappa shape index (κ2) is 4.64. The van der Waals surface area contributed by atoms with Crippen LogP contribution in [0.3, 0.4) is 0 Å². The molecule has 0 radical (unpaired) electrons. The molecule has 0 saturated heterocycles. The van der Waals surface area contributed by atoms with Crippen molar-refractivity contribution in [1.29, 1.82) is 0 Å². The number of aliphatic imine (C=N–C) groups is 1. The van der Waals surface area contributed by atoms with Crippen LogP contribution in [0.4, 0.5) is 5.82 Å². The number of nitrogens with zero attached hydrogens (tertiary/aromatic N) is 2. The molecule has 0 spiro atoms. The number of nitrogens with two attached hydrogens (primary N) is 1. The molecule has 1 aromatic rings. The maximum Gasteiger partial charge on any atom is 0.175 e. The normalized spacial score (nSPS) is 12.0. The number of H-pyrrole nitrogens is 1. The van der Waals surface area contributed by atoms with Crippen molar-refractivity contribution in [2.75, 3.05) is 0 Å². The zero-order chi connectivity index (χ0) is 9.68. The molecule has 0 saturated carbocycles. The third-order valence-electron chi connectivity index (χ3n) is 1.71. The van der Waals surface area contributed by atoms with Gasteiger partial charge in [0.05, 0.1) is 5.84 Å². The van der Waals surface area contributed by atoms with Gasteiger partial charge in [0.25, 0.3) is 0 Å². The minimum absolute atomic E-state index is 0.536. The minimum Gasteiger partial charge on any atom is -0.387 e. The van der Waals surface area contributed by atoms with E-state index in [0.29, 0.717) is 11.7 Å². The molecular weight excluding hydrogens is 164 g/mol. The molecule has 0 fully saturated rings. The molecule has 13 heavy (non-hydrogen) atoms. The summed E-state index contributed by atoms with van der Waals surface area (Å²) in [5.41, 5.74) is 6.56. The van der Waals surface area contributed by atoms with E-state index in [-0.39, 0.29) is 0 Å². The Labute approximate surface area is 78.3 Å². The van der Waals surface area contributed by atoms with E-state index < -0.39 is 0 Å². The number of unbranched alkanes of at least 4 members (excludes halogenated alkanes) is 1. The molecule has 0 unspecified atom stereocenters. The molecule has 1 heterocycles. The van der Waals surface area contributed by atoms with E-state index in [0.717, 1.165) is 12.1 Å². The minimum atomic E-state index is 0.536. The van der Waals surface area contributed by atoms with Gasteiger partial charge in [-0.15, -0.1) is 0 Å². The van der Waals surface area contributed by atoms with Gasteiger partial charge in [-0.1, -0.05) is 13.3 Å². The van der Waals surface area contributed by atoms with Gasteiger partial charge < -0.3 is 5.73 Å². The van der Waals surface area contributed by atoms with E-state index in [4.69, 9.17) is 5.73 Å². The van der Waals surface area contributed by atoms with Crippen molar-refractivity contribution in [2.45, 2.75) is 33.1 Å². The number of aromatic nitrogens is 2. The number of aromatic amines is 1. The van der Waals surface area contributed by atoms with Crippen LogP contribution in [0.15, 0.2) is 11.1 Å². The maximum absolute atomic E-state index is 5.43. The molecule has 72 valence electrons. The van der Waals surface area contributed by atoms with Crippen LogP contribution in [0.25, 0.3) is 0 Å². The van der Waals surface area contributed by atoms with E-state index in [9.17, 15) is 0 Å². The van der Waals surface area contributed by atoms with Crippen molar-refractivity contribution >= 4 is 11.7 Å². The summed E-state index contributed by atoms with van der Waals surface area (Å²) in [5, 5.41) is 6.95. The van der Waals surface area contributed by atoms with Gasteiger partial charge in [0.1, 0.15) is 0 Å². The lowest BCUT2D eigenvalue weighted by Crippen LogP contribution is -2.03. The van der Waals surface area contributed by atoms with Crippen LogP contribution in [0, 0.1) is 0 Å². The molecule has 0 aliphatic rings. The van der Waals surface area contributed by atoms with Crippen molar-refractivity contribution in [3.05, 3.63) is 11.8 Å². The number of amidine groups is 1. The number of hydrogen-bond acceptors (Lipinski definition) is 2. The van der Waals surface area contributed by atoms with Gasteiger partial charge in [-0.25, -0.2) is 4.99 Å². The van der Waals surface area contributed by atoms with Crippen molar-refractivity contribution in [3.63, 3.8) is 0 Å². The third-order valence-corrected chi connectivity index (χ3v) is 1.71. The van der Waals surface area contributed by atoms with Crippen LogP contribution < -0.4 is 5.73 Å². The summed E-state index contributed by atoms with van der Waals surface area (Å²) in [6.45, 7) is 3.92. The Bertz CT molecular complexity index is 284. The van der Waals surface area contributed by atoms with Crippen molar-refractivity contribution < 1.29 is 0 Å². The second-order valence-corrected chi connectivity index (χ2v) is 3.11. The summed E-state index contributed by atoms with van der Waals surface area (Å²) in [4.78, 5) is 4.04. The van der Waals surface area contributed by atoms with Crippen LogP contribution in [-0.2, 0) is 6.42 Å². The van der Waals surface area contributed by atoms with Gasteiger partial charge in [0.15, 0.2) is 5.82 Å². The van der Waals surface area contributed by atoms with Gasteiger partial charge in [-0.3, -0.25) is 5.10 Å². The Morgan fingerprint density at radius 2 is 2.46 bits per heavy atom. The van der Waals surface area contributed by atoms with E-state index in [1.54, 1.807) is 6.92 Å². The average molecular weight is 180 g/mol. The highest BCUT2D eigenvalue weighted by Gasteiger charge is 1.98. The molecule has 1 aromatic heterocycles. The van der Waals surface area contributed by atoms with Gasteiger partial charge in [-0.2, -0.15) is 5.10 Å². The molecule has 0 aliphatic heterocycles. The molecule has 0 aliphatic carbocycles. The molecule has 0 bridgehead atoms. The van der Waals surface area contributed by atoms with Gasteiger partial charge in [-0.05, 0) is 19.8 Å². The first-order valence-corrected chi connectivity index (χ1v) is 4.57. The number of aryl methyl sites for hydroxylation is 1. The van der Waals surface area contributed by atoms with E-state index in [1.807, 2.05) is 6.07 Å². The van der Waals surface area contributed by atoms with Crippen molar-refractivity contribution in [3.8, 4) is 0 Å². The molecule has 0 amide bonds. The predicted octanol–water partition coefficient (Wildman–Crippen LogP) is 1.76. The lowest BCUT2D eigenvalue weighted by molar-refractivity contribution is 0.772. The Morgan fingerprint density at radius 3 is 3.08 bits per heavy atom. The molecule has 1 rings (SSSR count). The van der Waals surface area contributed by atoms with Gasteiger partial charge in [0, 0.05) is 11.8 Å². The second-order valence-electron chi connectivity index (χ2n) is 3.11. The highest BCUT2D eigenvalue weighted by Crippen LogP contribution is 2.10. The summed E-state index contributed by atoms with van der Waals surface area (Å²) in [7, 11) is 0. The molecule has 4 nitrogen and oxygen atoms in total. The lowest BCUT2D eigenvalue weighted by atomic mass is 10.2. The highest BCUT2D eigenvalue weighted by molar-refractivity contribution is 5.79. The Hall–Kier alpha value is -1.32. The summed E-state index contributed by atoms with van der Waals surface area (Å²) in [5.74, 6) is 1.21. The van der Waals surface area contributed by atoms with Crippen LogP contribution in [-0.4, -0.2) is 16.0 Å².